The van der Waals surface area contributed by atoms with Crippen molar-refractivity contribution in [2.75, 3.05) is 41.0 Å². The number of anilines is 3. The molecule has 2 amide bonds. The summed E-state index contributed by atoms with van der Waals surface area (Å²) in [5, 5.41) is 9.53. The molecule has 3 heterocycles. The summed E-state index contributed by atoms with van der Waals surface area (Å²) >= 11 is 0. The minimum Gasteiger partial charge on any atom is -0.377 e. The molecule has 4 N–H and O–H groups in total. The molecule has 3 aromatic rings. The van der Waals surface area contributed by atoms with Crippen LogP contribution in [0.5, 0.6) is 0 Å². The second-order valence-corrected chi connectivity index (χ2v) is 10.9. The van der Waals surface area contributed by atoms with Crippen LogP contribution in [-0.2, 0) is 17.5 Å². The van der Waals surface area contributed by atoms with E-state index in [9.17, 15) is 13.9 Å². The Bertz CT molecular complexity index is 1170. The Morgan fingerprint density at radius 1 is 1.20 bits per heavy atom. The van der Waals surface area contributed by atoms with Crippen molar-refractivity contribution in [3.05, 3.63) is 48.4 Å². The average molecular weight is 502 g/mol. The van der Waals surface area contributed by atoms with Crippen molar-refractivity contribution in [1.82, 2.24) is 19.7 Å². The minimum absolute atomic E-state index is 0.0683. The molecule has 11 nitrogen and oxygen atoms in total. The van der Waals surface area contributed by atoms with Gasteiger partial charge in [-0.1, -0.05) is 0 Å². The van der Waals surface area contributed by atoms with Crippen LogP contribution in [0.1, 0.15) is 19.5 Å². The fourth-order valence-corrected chi connectivity index (χ4v) is 4.55. The Kier molecular flexibility index (Phi) is 7.55. The molecule has 1 fully saturated rings. The maximum absolute atomic E-state index is 12.3. The highest BCUT2D eigenvalue weighted by atomic mass is 32.3. The molecule has 12 heteroatoms. The van der Waals surface area contributed by atoms with Gasteiger partial charge in [-0.05, 0) is 38.1 Å². The summed E-state index contributed by atoms with van der Waals surface area (Å²) in [6, 6.07) is 8.77. The molecule has 0 spiro atoms. The number of aryl methyl sites for hydroxylation is 1. The van der Waals surface area contributed by atoms with Crippen molar-refractivity contribution in [1.29, 1.82) is 0 Å². The third kappa shape index (κ3) is 6.48. The van der Waals surface area contributed by atoms with E-state index in [1.54, 1.807) is 43.2 Å². The van der Waals surface area contributed by atoms with Gasteiger partial charge in [-0.2, -0.15) is 15.7 Å². The first-order valence-electron chi connectivity index (χ1n) is 11.4. The number of benzene rings is 1. The van der Waals surface area contributed by atoms with Crippen LogP contribution >= 0.6 is 10.6 Å². The maximum Gasteiger partial charge on any atom is 0.323 e. The molecular formula is C23H31N7O4S. The zero-order chi connectivity index (χ0) is 25.0. The molecule has 4 rings (SSSR count). The average Bonchev–Trinajstić information content (AvgIpc) is 3.23. The number of aromatic nitrogens is 4. The second-order valence-electron chi connectivity index (χ2n) is 8.45. The number of amides is 2. The van der Waals surface area contributed by atoms with E-state index in [4.69, 9.17) is 9.72 Å². The second kappa shape index (κ2) is 10.6. The lowest BCUT2D eigenvalue weighted by Gasteiger charge is -2.35. The van der Waals surface area contributed by atoms with E-state index in [2.05, 4.69) is 32.5 Å². The number of morpholine rings is 1. The van der Waals surface area contributed by atoms with Gasteiger partial charge in [0.1, 0.15) is 5.82 Å². The predicted molar refractivity (Wildman–Crippen MR) is 138 cm³/mol. The topological polar surface area (TPSA) is 138 Å². The van der Waals surface area contributed by atoms with Crippen LogP contribution in [0.25, 0.3) is 11.4 Å². The largest absolute Gasteiger partial charge is 0.377 e. The zero-order valence-electron chi connectivity index (χ0n) is 20.0. The smallest absolute Gasteiger partial charge is 0.323 e. The molecule has 0 radical (unpaired) electrons. The van der Waals surface area contributed by atoms with Crippen LogP contribution in [0.3, 0.4) is 0 Å². The van der Waals surface area contributed by atoms with E-state index < -0.39 is 10.6 Å². The summed E-state index contributed by atoms with van der Waals surface area (Å²) in [6.07, 6.45) is 3.27. The van der Waals surface area contributed by atoms with Crippen LogP contribution in [0, 0.1) is 0 Å². The molecular weight excluding hydrogens is 470 g/mol. The molecule has 0 bridgehead atoms. The Hall–Kier alpha value is -3.19. The molecule has 1 saturated heterocycles. The quantitative estimate of drug-likeness (QED) is 0.381. The highest BCUT2D eigenvalue weighted by molar-refractivity contribution is 8.23. The number of carbonyl (C=O) groups is 1. The monoisotopic (exact) mass is 501 g/mol. The number of urea groups is 1. The first-order chi connectivity index (χ1) is 16.7. The van der Waals surface area contributed by atoms with Crippen molar-refractivity contribution in [2.45, 2.75) is 25.6 Å². The van der Waals surface area contributed by atoms with E-state index >= 15 is 0 Å². The number of rotatable bonds is 7. The lowest BCUT2D eigenvalue weighted by Crippen LogP contribution is -2.44. The molecule has 1 atom stereocenters. The first-order valence-corrected chi connectivity index (χ1v) is 13.2. The van der Waals surface area contributed by atoms with Crippen molar-refractivity contribution in [3.63, 3.8) is 0 Å². The van der Waals surface area contributed by atoms with Crippen molar-refractivity contribution >= 4 is 33.8 Å². The molecule has 35 heavy (non-hydrogen) atoms. The van der Waals surface area contributed by atoms with Crippen LogP contribution in [0.2, 0.25) is 0 Å². The van der Waals surface area contributed by atoms with Gasteiger partial charge in [0.25, 0.3) is 0 Å². The summed E-state index contributed by atoms with van der Waals surface area (Å²) in [7, 11) is -0.998. The molecule has 1 aromatic carbocycles. The maximum atomic E-state index is 12.3. The van der Waals surface area contributed by atoms with E-state index in [-0.39, 0.29) is 23.6 Å². The first kappa shape index (κ1) is 24.9. The van der Waals surface area contributed by atoms with E-state index in [1.165, 1.54) is 0 Å². The Morgan fingerprint density at radius 2 is 1.94 bits per heavy atom. The van der Waals surface area contributed by atoms with Gasteiger partial charge in [0.2, 0.25) is 0 Å². The van der Waals surface area contributed by atoms with Crippen molar-refractivity contribution in [2.24, 2.45) is 7.05 Å². The number of carbonyl (C=O) groups excluding carboxylic acids is 1. The molecule has 0 unspecified atom stereocenters. The van der Waals surface area contributed by atoms with E-state index in [0.717, 1.165) is 11.4 Å². The SMILES string of the molecule is CCS(O)(O)Cc1cc(N2CCOC[C@@H]2C)nc(-c2ccc(NC(=O)Nc3cnn(C)c3)cc2)n1. The zero-order valence-corrected chi connectivity index (χ0v) is 20.8. The molecule has 188 valence electrons. The minimum atomic E-state index is -2.77. The normalized spacial score (nSPS) is 16.7. The number of ether oxygens (including phenoxy) is 1. The lowest BCUT2D eigenvalue weighted by molar-refractivity contribution is 0.0985. The van der Waals surface area contributed by atoms with Crippen LogP contribution in [-0.4, -0.2) is 66.4 Å². The predicted octanol–water partition coefficient (Wildman–Crippen LogP) is 4.02. The standard InChI is InChI=1S/C23H31N7O4S/c1-4-35(32,33)15-19-11-21(30-9-10-34-14-16(30)2)28-22(25-19)17-5-7-18(8-6-17)26-23(31)27-20-12-24-29(3)13-20/h5-8,11-13,16,32-33H,4,9-10,14-15H2,1-3H3,(H2,26,27,31)/t16-/m0/s1. The molecule has 0 saturated carbocycles. The van der Waals surface area contributed by atoms with Gasteiger partial charge in [-0.15, -0.1) is 0 Å². The van der Waals surface area contributed by atoms with Gasteiger partial charge in [-0.25, -0.2) is 14.8 Å². The summed E-state index contributed by atoms with van der Waals surface area (Å²) in [4.78, 5) is 23.8. The number of hydrogen-bond acceptors (Lipinski definition) is 8. The highest BCUT2D eigenvalue weighted by Crippen LogP contribution is 2.42. The highest BCUT2D eigenvalue weighted by Gasteiger charge is 2.23. The van der Waals surface area contributed by atoms with Gasteiger partial charge in [-0.3, -0.25) is 13.8 Å². The van der Waals surface area contributed by atoms with Crippen molar-refractivity contribution < 1.29 is 18.6 Å². The molecule has 1 aliphatic rings. The summed E-state index contributed by atoms with van der Waals surface area (Å²) < 4.78 is 27.8. The Labute approximate surface area is 205 Å². The summed E-state index contributed by atoms with van der Waals surface area (Å²) in [5.74, 6) is 1.54. The van der Waals surface area contributed by atoms with Crippen molar-refractivity contribution in [3.8, 4) is 11.4 Å². The van der Waals surface area contributed by atoms with Gasteiger partial charge in [0.05, 0.1) is 42.6 Å². The molecule has 0 aliphatic carbocycles. The Morgan fingerprint density at radius 3 is 2.60 bits per heavy atom. The van der Waals surface area contributed by atoms with Gasteiger partial charge in [0.15, 0.2) is 5.82 Å². The van der Waals surface area contributed by atoms with Gasteiger partial charge in [0, 0.05) is 42.9 Å². The number of nitrogens with zero attached hydrogens (tertiary/aromatic N) is 5. The summed E-state index contributed by atoms with van der Waals surface area (Å²) in [6.45, 7) is 5.71. The van der Waals surface area contributed by atoms with Crippen LogP contribution < -0.4 is 15.5 Å². The number of hydrogen-bond donors (Lipinski definition) is 4. The van der Waals surface area contributed by atoms with E-state index in [1.807, 2.05) is 18.2 Å². The van der Waals surface area contributed by atoms with Crippen LogP contribution in [0.4, 0.5) is 22.0 Å². The fourth-order valence-electron chi connectivity index (χ4n) is 3.72. The van der Waals surface area contributed by atoms with Gasteiger partial charge >= 0.3 is 6.03 Å². The third-order valence-corrected chi connectivity index (χ3v) is 7.32. The molecule has 2 aromatic heterocycles. The van der Waals surface area contributed by atoms with Gasteiger partial charge < -0.3 is 20.3 Å². The number of nitrogens with one attached hydrogen (secondary N) is 2. The van der Waals surface area contributed by atoms with E-state index in [0.29, 0.717) is 42.7 Å². The lowest BCUT2D eigenvalue weighted by atomic mass is 10.2. The fraction of sp³-hybridized carbons (Fsp3) is 0.391. The van der Waals surface area contributed by atoms with Crippen LogP contribution in [0.15, 0.2) is 42.7 Å². The molecule has 1 aliphatic heterocycles. The third-order valence-electron chi connectivity index (χ3n) is 5.63. The Balaban J connectivity index is 1.56. The summed E-state index contributed by atoms with van der Waals surface area (Å²) in [5.41, 5.74) is 2.52.